The van der Waals surface area contributed by atoms with E-state index >= 15 is 0 Å². The van der Waals surface area contributed by atoms with Gasteiger partial charge >= 0.3 is 0 Å². The summed E-state index contributed by atoms with van der Waals surface area (Å²) in [4.78, 5) is 14.3. The Bertz CT molecular complexity index is 470. The number of nitrogens with zero attached hydrogens (tertiary/aromatic N) is 1. The van der Waals surface area contributed by atoms with Crippen molar-refractivity contribution >= 4 is 29.9 Å². The molecule has 1 saturated heterocycles. The third kappa shape index (κ3) is 4.85. The van der Waals surface area contributed by atoms with Crippen LogP contribution >= 0.6 is 24.0 Å². The molecule has 0 aromatic heterocycles. The molecular weight excluding hydrogens is 309 g/mol. The van der Waals surface area contributed by atoms with Crippen LogP contribution in [0.2, 0.25) is 5.02 Å². The lowest BCUT2D eigenvalue weighted by Crippen LogP contribution is -2.43. The highest BCUT2D eigenvalue weighted by atomic mass is 35.5. The molecule has 1 aromatic rings. The van der Waals surface area contributed by atoms with Crippen molar-refractivity contribution in [1.29, 1.82) is 0 Å². The summed E-state index contributed by atoms with van der Waals surface area (Å²) in [6, 6.07) is 7.84. The first-order valence-corrected chi connectivity index (χ1v) is 7.47. The van der Waals surface area contributed by atoms with E-state index in [1.807, 2.05) is 31.2 Å². The van der Waals surface area contributed by atoms with Gasteiger partial charge in [0.25, 0.3) is 0 Å². The summed E-state index contributed by atoms with van der Waals surface area (Å²) in [6.45, 7) is 3.93. The summed E-state index contributed by atoms with van der Waals surface area (Å²) in [5, 5.41) is 3.68. The quantitative estimate of drug-likeness (QED) is 0.870. The van der Waals surface area contributed by atoms with Crippen molar-refractivity contribution in [3.63, 3.8) is 0 Å². The number of amides is 1. The molecule has 21 heavy (non-hydrogen) atoms. The molecule has 1 aliphatic rings. The zero-order valence-corrected chi connectivity index (χ0v) is 13.8. The molecule has 0 saturated carbocycles. The molecule has 1 heterocycles. The van der Waals surface area contributed by atoms with Crippen LogP contribution in [0.4, 0.5) is 0 Å². The van der Waals surface area contributed by atoms with Gasteiger partial charge in [0.1, 0.15) is 0 Å². The normalized spacial score (nSPS) is 19.9. The van der Waals surface area contributed by atoms with Crippen molar-refractivity contribution in [3.8, 4) is 0 Å². The topological polar surface area (TPSA) is 58.4 Å². The summed E-state index contributed by atoms with van der Waals surface area (Å²) in [6.07, 6.45) is 2.21. The Kier molecular flexibility index (Phi) is 7.46. The second-order valence-electron chi connectivity index (χ2n) is 5.31. The summed E-state index contributed by atoms with van der Waals surface area (Å²) >= 11 is 6.14. The molecule has 2 unspecified atom stereocenters. The van der Waals surface area contributed by atoms with Crippen molar-refractivity contribution in [1.82, 2.24) is 10.2 Å². The van der Waals surface area contributed by atoms with Gasteiger partial charge in [-0.25, -0.2) is 0 Å². The van der Waals surface area contributed by atoms with Crippen LogP contribution < -0.4 is 11.1 Å². The van der Waals surface area contributed by atoms with Gasteiger partial charge in [-0.2, -0.15) is 0 Å². The van der Waals surface area contributed by atoms with Crippen LogP contribution in [0, 0.1) is 0 Å². The van der Waals surface area contributed by atoms with Crippen LogP contribution in [0.5, 0.6) is 0 Å². The number of likely N-dealkylation sites (tertiary alicyclic amines) is 1. The van der Waals surface area contributed by atoms with Crippen molar-refractivity contribution in [2.75, 3.05) is 19.6 Å². The Morgan fingerprint density at radius 3 is 2.90 bits per heavy atom. The highest BCUT2D eigenvalue weighted by Crippen LogP contribution is 2.22. The predicted molar refractivity (Wildman–Crippen MR) is 88.9 cm³/mol. The predicted octanol–water partition coefficient (Wildman–Crippen LogP) is 2.36. The third-order valence-corrected chi connectivity index (χ3v) is 4.21. The van der Waals surface area contributed by atoms with Crippen molar-refractivity contribution in [2.24, 2.45) is 5.73 Å². The van der Waals surface area contributed by atoms with E-state index in [2.05, 4.69) is 10.2 Å². The Balaban J connectivity index is 0.00000220. The highest BCUT2D eigenvalue weighted by Gasteiger charge is 2.25. The zero-order chi connectivity index (χ0) is 14.5. The number of hydrogen-bond acceptors (Lipinski definition) is 3. The monoisotopic (exact) mass is 331 g/mol. The fourth-order valence-corrected chi connectivity index (χ4v) is 3.05. The third-order valence-electron chi connectivity index (χ3n) is 3.87. The van der Waals surface area contributed by atoms with Crippen LogP contribution in [0.1, 0.15) is 31.4 Å². The minimum atomic E-state index is -0.0878. The van der Waals surface area contributed by atoms with E-state index in [0.717, 1.165) is 24.9 Å². The van der Waals surface area contributed by atoms with Crippen LogP contribution in [-0.2, 0) is 4.79 Å². The maximum Gasteiger partial charge on any atom is 0.234 e. The van der Waals surface area contributed by atoms with Gasteiger partial charge in [0.2, 0.25) is 5.91 Å². The fraction of sp³-hybridized carbons (Fsp3) is 0.533. The Labute approximate surface area is 137 Å². The number of hydrogen-bond donors (Lipinski definition) is 2. The van der Waals surface area contributed by atoms with Crippen LogP contribution in [0.25, 0.3) is 0 Å². The Morgan fingerprint density at radius 2 is 2.24 bits per heavy atom. The van der Waals surface area contributed by atoms with E-state index in [0.29, 0.717) is 24.2 Å². The highest BCUT2D eigenvalue weighted by molar-refractivity contribution is 6.31. The van der Waals surface area contributed by atoms with Crippen molar-refractivity contribution < 1.29 is 4.79 Å². The van der Waals surface area contributed by atoms with Gasteiger partial charge < -0.3 is 11.1 Å². The molecule has 2 atom stereocenters. The largest absolute Gasteiger partial charge is 0.348 e. The van der Waals surface area contributed by atoms with Crippen LogP contribution in [0.3, 0.4) is 0 Å². The molecule has 0 bridgehead atoms. The Morgan fingerprint density at radius 1 is 1.52 bits per heavy atom. The van der Waals surface area contributed by atoms with Gasteiger partial charge in [0.05, 0.1) is 12.6 Å². The molecule has 4 nitrogen and oxygen atoms in total. The molecular formula is C15H23Cl2N3O. The number of nitrogens with one attached hydrogen (secondary N) is 1. The molecule has 0 radical (unpaired) electrons. The SMILES string of the molecule is CC(NC(=O)CN1CCCC1CN)c1ccccc1Cl.Cl. The first-order chi connectivity index (χ1) is 9.61. The summed E-state index contributed by atoms with van der Waals surface area (Å²) in [7, 11) is 0. The van der Waals surface area contributed by atoms with Gasteiger partial charge in [-0.1, -0.05) is 29.8 Å². The second-order valence-corrected chi connectivity index (χ2v) is 5.72. The fourth-order valence-electron chi connectivity index (χ4n) is 2.75. The Hall–Kier alpha value is -0.810. The number of halogens is 2. The van der Waals surface area contributed by atoms with E-state index in [4.69, 9.17) is 17.3 Å². The molecule has 0 spiro atoms. The number of carbonyl (C=O) groups excluding carboxylic acids is 1. The average molecular weight is 332 g/mol. The van der Waals surface area contributed by atoms with Gasteiger partial charge in [-0.15, -0.1) is 12.4 Å². The van der Waals surface area contributed by atoms with E-state index in [1.165, 1.54) is 0 Å². The second kappa shape index (κ2) is 8.59. The maximum absolute atomic E-state index is 12.1. The first-order valence-electron chi connectivity index (χ1n) is 7.09. The lowest BCUT2D eigenvalue weighted by Gasteiger charge is -2.24. The van der Waals surface area contributed by atoms with Gasteiger partial charge in [0, 0.05) is 17.6 Å². The van der Waals surface area contributed by atoms with E-state index in [1.54, 1.807) is 0 Å². The van der Waals surface area contributed by atoms with Gasteiger partial charge in [-0.05, 0) is 37.9 Å². The van der Waals surface area contributed by atoms with E-state index < -0.39 is 0 Å². The molecule has 2 rings (SSSR count). The van der Waals surface area contributed by atoms with E-state index in [-0.39, 0.29) is 24.4 Å². The van der Waals surface area contributed by atoms with Gasteiger partial charge in [-0.3, -0.25) is 9.69 Å². The summed E-state index contributed by atoms with van der Waals surface area (Å²) in [5.41, 5.74) is 6.67. The molecule has 118 valence electrons. The molecule has 1 aliphatic heterocycles. The minimum Gasteiger partial charge on any atom is -0.348 e. The van der Waals surface area contributed by atoms with Gasteiger partial charge in [0.15, 0.2) is 0 Å². The average Bonchev–Trinajstić information content (AvgIpc) is 2.86. The lowest BCUT2D eigenvalue weighted by molar-refractivity contribution is -0.123. The standard InChI is InChI=1S/C15H22ClN3O.ClH/c1-11(13-6-2-3-7-14(13)16)18-15(20)10-19-8-4-5-12(19)9-17;/h2-3,6-7,11-12H,4-5,8-10,17H2,1H3,(H,18,20);1H. The molecule has 1 amide bonds. The molecule has 0 aliphatic carbocycles. The summed E-state index contributed by atoms with van der Waals surface area (Å²) in [5.74, 6) is 0.0257. The minimum absolute atomic E-state index is 0. The number of nitrogens with two attached hydrogens (primary N) is 1. The van der Waals surface area contributed by atoms with Crippen LogP contribution in [0.15, 0.2) is 24.3 Å². The van der Waals surface area contributed by atoms with Crippen molar-refractivity contribution in [2.45, 2.75) is 31.8 Å². The number of benzene rings is 1. The lowest BCUT2D eigenvalue weighted by atomic mass is 10.1. The van der Waals surface area contributed by atoms with Crippen molar-refractivity contribution in [3.05, 3.63) is 34.9 Å². The number of rotatable bonds is 5. The number of carbonyl (C=O) groups is 1. The molecule has 1 aromatic carbocycles. The zero-order valence-electron chi connectivity index (χ0n) is 12.2. The maximum atomic E-state index is 12.1. The molecule has 1 fully saturated rings. The summed E-state index contributed by atoms with van der Waals surface area (Å²) < 4.78 is 0. The van der Waals surface area contributed by atoms with Crippen LogP contribution in [-0.4, -0.2) is 36.5 Å². The first kappa shape index (κ1) is 18.2. The molecule has 3 N–H and O–H groups in total. The van der Waals surface area contributed by atoms with E-state index in [9.17, 15) is 4.79 Å². The molecule has 6 heteroatoms. The smallest absolute Gasteiger partial charge is 0.234 e.